The monoisotopic (exact) mass is 820 g/mol. The van der Waals surface area contributed by atoms with Gasteiger partial charge in [-0.25, -0.2) is 15.0 Å². The molecule has 0 atom stereocenters. The highest BCUT2D eigenvalue weighted by atomic mass is 19.4. The molecule has 10 aromatic rings. The van der Waals surface area contributed by atoms with Gasteiger partial charge in [0.25, 0.3) is 0 Å². The molecule has 9 heteroatoms. The molecule has 0 amide bonds. The molecule has 0 spiro atoms. The molecule has 0 fully saturated rings. The molecule has 0 N–H and O–H groups in total. The Morgan fingerprint density at radius 1 is 0.397 bits per heavy atom. The van der Waals surface area contributed by atoms with Gasteiger partial charge in [0, 0.05) is 27.5 Å². The molecule has 0 aliphatic heterocycles. The summed E-state index contributed by atoms with van der Waals surface area (Å²) in [6.07, 6.45) is -4.49. The van der Waals surface area contributed by atoms with Crippen LogP contribution in [0.25, 0.3) is 95.0 Å². The summed E-state index contributed by atoms with van der Waals surface area (Å²) in [5.41, 5.74) is 9.15. The van der Waals surface area contributed by atoms with Gasteiger partial charge in [-0.05, 0) is 81.9 Å². The molecule has 0 saturated heterocycles. The van der Waals surface area contributed by atoms with Crippen LogP contribution in [0, 0.1) is 22.7 Å². The largest absolute Gasteiger partial charge is 0.416 e. The third-order valence-electron chi connectivity index (χ3n) is 11.2. The zero-order valence-electron chi connectivity index (χ0n) is 33.2. The smallest absolute Gasteiger partial charge is 0.308 e. The summed E-state index contributed by atoms with van der Waals surface area (Å²) in [6, 6.07) is 61.9. The number of benzene rings is 8. The van der Waals surface area contributed by atoms with Crippen LogP contribution in [0.3, 0.4) is 0 Å². The first kappa shape index (κ1) is 38.5. The molecule has 0 saturated carbocycles. The Hall–Kier alpha value is -8.66. The average Bonchev–Trinajstić information content (AvgIpc) is 3.66. The number of nitrogens with zero attached hydrogens (tertiary/aromatic N) is 6. The zero-order valence-corrected chi connectivity index (χ0v) is 33.2. The topological polar surface area (TPSA) is 91.2 Å². The second kappa shape index (κ2) is 15.7. The minimum atomic E-state index is -4.49. The van der Waals surface area contributed by atoms with E-state index >= 15 is 0 Å². The molecule has 8 aromatic carbocycles. The molecular weight excluding hydrogens is 790 g/mol. The highest BCUT2D eigenvalue weighted by Gasteiger charge is 2.30. The summed E-state index contributed by atoms with van der Waals surface area (Å²) in [7, 11) is 0. The van der Waals surface area contributed by atoms with E-state index in [-0.39, 0.29) is 0 Å². The van der Waals surface area contributed by atoms with E-state index in [0.29, 0.717) is 51.0 Å². The van der Waals surface area contributed by atoms with Crippen molar-refractivity contribution in [1.82, 2.24) is 19.5 Å². The Bertz CT molecular complexity index is 3280. The van der Waals surface area contributed by atoms with Gasteiger partial charge in [-0.3, -0.25) is 0 Å². The van der Waals surface area contributed by atoms with E-state index in [1.165, 1.54) is 12.1 Å². The molecule has 2 heterocycles. The predicted octanol–water partition coefficient (Wildman–Crippen LogP) is 13.7. The van der Waals surface area contributed by atoms with E-state index < -0.39 is 11.7 Å². The third kappa shape index (κ3) is 7.14. The number of hydrogen-bond donors (Lipinski definition) is 0. The molecule has 0 bridgehead atoms. The van der Waals surface area contributed by atoms with E-state index in [2.05, 4.69) is 28.8 Å². The molecule has 0 radical (unpaired) electrons. The Balaban J connectivity index is 1.32. The second-order valence-electron chi connectivity index (χ2n) is 15.0. The highest BCUT2D eigenvalue weighted by molar-refractivity contribution is 6.12. The van der Waals surface area contributed by atoms with Gasteiger partial charge in [-0.15, -0.1) is 0 Å². The molecule has 0 aliphatic rings. The van der Waals surface area contributed by atoms with Gasteiger partial charge in [0.05, 0.1) is 45.5 Å². The molecule has 63 heavy (non-hydrogen) atoms. The first-order chi connectivity index (χ1) is 30.8. The first-order valence-corrected chi connectivity index (χ1v) is 20.0. The fourth-order valence-corrected chi connectivity index (χ4v) is 8.14. The van der Waals surface area contributed by atoms with Gasteiger partial charge in [-0.2, -0.15) is 23.7 Å². The molecule has 6 nitrogen and oxygen atoms in total. The van der Waals surface area contributed by atoms with Gasteiger partial charge in [-0.1, -0.05) is 140 Å². The maximum atomic E-state index is 13.8. The summed E-state index contributed by atoms with van der Waals surface area (Å²) in [4.78, 5) is 15.2. The van der Waals surface area contributed by atoms with Crippen molar-refractivity contribution in [2.45, 2.75) is 6.18 Å². The Morgan fingerprint density at radius 2 is 0.841 bits per heavy atom. The molecular formula is C54H31F3N6. The van der Waals surface area contributed by atoms with Crippen molar-refractivity contribution >= 4 is 21.8 Å². The van der Waals surface area contributed by atoms with Crippen LogP contribution < -0.4 is 0 Å². The van der Waals surface area contributed by atoms with Crippen LogP contribution in [0.5, 0.6) is 0 Å². The van der Waals surface area contributed by atoms with Gasteiger partial charge in [0.1, 0.15) is 0 Å². The SMILES string of the molecule is N#Cc1ccccc1-c1ccc2c3ccc(-c4ccccc4C#N)cc3n(-c3cc(-c4ccc(C(F)(F)F)cc4)ccc3-c3nc(-c4ccccc4)nc(-c4ccccc4)n3)c2c1. The number of aromatic nitrogens is 4. The van der Waals surface area contributed by atoms with E-state index in [1.807, 2.05) is 140 Å². The van der Waals surface area contributed by atoms with Crippen molar-refractivity contribution in [3.8, 4) is 85.4 Å². The van der Waals surface area contributed by atoms with E-state index in [4.69, 9.17) is 15.0 Å². The van der Waals surface area contributed by atoms with Crippen LogP contribution in [0.1, 0.15) is 16.7 Å². The van der Waals surface area contributed by atoms with Crippen LogP contribution in [0.15, 0.2) is 188 Å². The number of halogens is 3. The van der Waals surface area contributed by atoms with E-state index in [9.17, 15) is 23.7 Å². The maximum absolute atomic E-state index is 13.8. The highest BCUT2D eigenvalue weighted by Crippen LogP contribution is 2.42. The number of nitriles is 2. The van der Waals surface area contributed by atoms with Gasteiger partial charge >= 0.3 is 6.18 Å². The van der Waals surface area contributed by atoms with Crippen LogP contribution in [-0.2, 0) is 6.18 Å². The lowest BCUT2D eigenvalue weighted by Gasteiger charge is -2.17. The standard InChI is InChI=1S/C54H31F3N6/c55-54(56,57)42-24-19-34(20-25-42)37-21-28-47(53-61-51(35-11-3-1-4-12-35)60-52(62-53)36-13-5-2-6-14-36)50(29-37)63-48-30-38(43-17-9-7-15-40(43)32-58)22-26-45(48)46-27-23-39(31-49(46)63)44-18-10-8-16-41(44)33-59/h1-31H. The Kier molecular flexibility index (Phi) is 9.63. The van der Waals surface area contributed by atoms with Gasteiger partial charge in [0.2, 0.25) is 0 Å². The number of fused-ring (bicyclic) bond motifs is 3. The van der Waals surface area contributed by atoms with E-state index in [0.717, 1.165) is 67.3 Å². The first-order valence-electron chi connectivity index (χ1n) is 20.0. The van der Waals surface area contributed by atoms with Crippen LogP contribution in [-0.4, -0.2) is 19.5 Å². The van der Waals surface area contributed by atoms with Crippen molar-refractivity contribution < 1.29 is 13.2 Å². The number of rotatable bonds is 7. The van der Waals surface area contributed by atoms with Crippen LogP contribution in [0.2, 0.25) is 0 Å². The fraction of sp³-hybridized carbons (Fsp3) is 0.0185. The lowest BCUT2D eigenvalue weighted by Crippen LogP contribution is -2.05. The van der Waals surface area contributed by atoms with Crippen LogP contribution >= 0.6 is 0 Å². The van der Waals surface area contributed by atoms with E-state index in [1.54, 1.807) is 12.1 Å². The van der Waals surface area contributed by atoms with Crippen molar-refractivity contribution in [2.24, 2.45) is 0 Å². The van der Waals surface area contributed by atoms with Gasteiger partial charge < -0.3 is 4.57 Å². The molecule has 0 aliphatic carbocycles. The van der Waals surface area contributed by atoms with Crippen molar-refractivity contribution in [1.29, 1.82) is 10.5 Å². The number of hydrogen-bond acceptors (Lipinski definition) is 5. The van der Waals surface area contributed by atoms with Crippen molar-refractivity contribution in [2.75, 3.05) is 0 Å². The Labute approximate surface area is 360 Å². The quantitative estimate of drug-likeness (QED) is 0.160. The van der Waals surface area contributed by atoms with Gasteiger partial charge in [0.15, 0.2) is 17.5 Å². The molecule has 2 aromatic heterocycles. The summed E-state index contributed by atoms with van der Waals surface area (Å²) >= 11 is 0. The minimum Gasteiger partial charge on any atom is -0.308 e. The lowest BCUT2D eigenvalue weighted by molar-refractivity contribution is -0.137. The Morgan fingerprint density at radius 3 is 1.33 bits per heavy atom. The minimum absolute atomic E-state index is 0.378. The zero-order chi connectivity index (χ0) is 43.1. The number of alkyl halides is 3. The summed E-state index contributed by atoms with van der Waals surface area (Å²) in [6.45, 7) is 0. The lowest BCUT2D eigenvalue weighted by atomic mass is 9.98. The van der Waals surface area contributed by atoms with Crippen molar-refractivity contribution in [3.63, 3.8) is 0 Å². The molecule has 298 valence electrons. The third-order valence-corrected chi connectivity index (χ3v) is 11.2. The molecule has 0 unspecified atom stereocenters. The summed E-state index contributed by atoms with van der Waals surface area (Å²) in [5.74, 6) is 1.30. The van der Waals surface area contributed by atoms with Crippen molar-refractivity contribution in [3.05, 3.63) is 205 Å². The normalized spacial score (nSPS) is 11.4. The predicted molar refractivity (Wildman–Crippen MR) is 241 cm³/mol. The summed E-state index contributed by atoms with van der Waals surface area (Å²) in [5, 5.41) is 22.1. The average molecular weight is 821 g/mol. The molecule has 10 rings (SSSR count). The van der Waals surface area contributed by atoms with Crippen LogP contribution in [0.4, 0.5) is 13.2 Å². The fourth-order valence-electron chi connectivity index (χ4n) is 8.14. The second-order valence-corrected chi connectivity index (χ2v) is 15.0. The maximum Gasteiger partial charge on any atom is 0.416 e. The summed E-state index contributed by atoms with van der Waals surface area (Å²) < 4.78 is 43.4.